The van der Waals surface area contributed by atoms with E-state index in [1.165, 1.54) is 16.7 Å². The first-order valence-electron chi connectivity index (χ1n) is 7.01. The van der Waals surface area contributed by atoms with E-state index in [0.29, 0.717) is 0 Å². The van der Waals surface area contributed by atoms with Gasteiger partial charge in [-0.1, -0.05) is 36.4 Å². The zero-order chi connectivity index (χ0) is 13.9. The van der Waals surface area contributed by atoms with E-state index >= 15 is 0 Å². The first kappa shape index (κ1) is 12.9. The third-order valence-electron chi connectivity index (χ3n) is 3.66. The van der Waals surface area contributed by atoms with Crippen LogP contribution in [0.4, 0.5) is 0 Å². The summed E-state index contributed by atoms with van der Waals surface area (Å²) in [5, 5.41) is 3.22. The Balaban J connectivity index is 2.15. The molecule has 0 fully saturated rings. The summed E-state index contributed by atoms with van der Waals surface area (Å²) in [6.45, 7) is 3.05. The van der Waals surface area contributed by atoms with Gasteiger partial charge in [0.2, 0.25) is 0 Å². The van der Waals surface area contributed by atoms with E-state index in [4.69, 9.17) is 4.74 Å². The second-order valence-corrected chi connectivity index (χ2v) is 5.11. The van der Waals surface area contributed by atoms with Gasteiger partial charge in [0.1, 0.15) is 11.5 Å². The molecule has 1 aliphatic heterocycles. The van der Waals surface area contributed by atoms with Crippen molar-refractivity contribution in [2.75, 3.05) is 13.6 Å². The van der Waals surface area contributed by atoms with E-state index in [1.54, 1.807) is 0 Å². The van der Waals surface area contributed by atoms with E-state index in [-0.39, 0.29) is 0 Å². The van der Waals surface area contributed by atoms with Crippen LogP contribution in [0.3, 0.4) is 0 Å². The first-order chi connectivity index (χ1) is 9.79. The second-order valence-electron chi connectivity index (χ2n) is 5.11. The van der Waals surface area contributed by atoms with Crippen molar-refractivity contribution in [1.29, 1.82) is 0 Å². The Morgan fingerprint density at radius 2 is 1.90 bits per heavy atom. The molecule has 2 aromatic rings. The molecule has 0 saturated carbocycles. The maximum Gasteiger partial charge on any atom is 0.137 e. The van der Waals surface area contributed by atoms with Crippen LogP contribution in [-0.2, 0) is 0 Å². The molecule has 2 aromatic carbocycles. The predicted octanol–water partition coefficient (Wildman–Crippen LogP) is 4.25. The van der Waals surface area contributed by atoms with Crippen LogP contribution >= 0.6 is 0 Å². The molecule has 0 atom stereocenters. The lowest BCUT2D eigenvalue weighted by Gasteiger charge is -2.12. The number of benzene rings is 2. The first-order valence-corrected chi connectivity index (χ1v) is 7.01. The van der Waals surface area contributed by atoms with Gasteiger partial charge in [0, 0.05) is 11.1 Å². The van der Waals surface area contributed by atoms with Crippen molar-refractivity contribution in [3.05, 3.63) is 59.2 Å². The van der Waals surface area contributed by atoms with Gasteiger partial charge in [-0.25, -0.2) is 0 Å². The normalized spacial score (nSPS) is 12.8. The van der Waals surface area contributed by atoms with Crippen LogP contribution in [0.25, 0.3) is 11.6 Å². The Morgan fingerprint density at radius 1 is 1.05 bits per heavy atom. The minimum absolute atomic E-state index is 0.947. The third-order valence-corrected chi connectivity index (χ3v) is 3.66. The summed E-state index contributed by atoms with van der Waals surface area (Å²) in [6, 6.07) is 14.6. The molecule has 1 N–H and O–H groups in total. The van der Waals surface area contributed by atoms with Gasteiger partial charge in [-0.3, -0.25) is 0 Å². The van der Waals surface area contributed by atoms with Crippen molar-refractivity contribution < 1.29 is 4.74 Å². The topological polar surface area (TPSA) is 21.3 Å². The van der Waals surface area contributed by atoms with Crippen LogP contribution in [0.2, 0.25) is 0 Å². The summed E-state index contributed by atoms with van der Waals surface area (Å²) in [6.07, 6.45) is 3.25. The fraction of sp³-hybridized carbons (Fsp3) is 0.222. The number of hydrogen-bond donors (Lipinski definition) is 1. The lowest BCUT2D eigenvalue weighted by atomic mass is 9.99. The smallest absolute Gasteiger partial charge is 0.137 e. The Bertz CT molecular complexity index is 658. The highest BCUT2D eigenvalue weighted by atomic mass is 16.5. The average Bonchev–Trinajstić information content (AvgIpc) is 2.63. The Labute approximate surface area is 120 Å². The van der Waals surface area contributed by atoms with Crippen LogP contribution in [0.15, 0.2) is 42.5 Å². The number of para-hydroxylation sites is 2. The highest BCUT2D eigenvalue weighted by Crippen LogP contribution is 2.40. The molecule has 0 radical (unpaired) electrons. The molecule has 0 aliphatic carbocycles. The van der Waals surface area contributed by atoms with E-state index in [2.05, 4.69) is 48.6 Å². The molecular weight excluding hydrogens is 246 g/mol. The summed E-state index contributed by atoms with van der Waals surface area (Å²) < 4.78 is 6.17. The van der Waals surface area contributed by atoms with Gasteiger partial charge in [0.15, 0.2) is 0 Å². The minimum Gasteiger partial charge on any atom is -0.456 e. The summed E-state index contributed by atoms with van der Waals surface area (Å²) in [5.74, 6) is 1.92. The number of nitrogens with one attached hydrogen (secondary N) is 1. The fourth-order valence-corrected chi connectivity index (χ4v) is 2.59. The molecule has 20 heavy (non-hydrogen) atoms. The highest BCUT2D eigenvalue weighted by Gasteiger charge is 2.17. The van der Waals surface area contributed by atoms with Crippen LogP contribution in [0.5, 0.6) is 11.5 Å². The van der Waals surface area contributed by atoms with Gasteiger partial charge >= 0.3 is 0 Å². The predicted molar refractivity (Wildman–Crippen MR) is 84.1 cm³/mol. The summed E-state index contributed by atoms with van der Waals surface area (Å²) in [7, 11) is 1.98. The molecule has 2 nitrogen and oxygen atoms in total. The molecule has 0 amide bonds. The standard InChI is InChI=1S/C18H19NO/c1-13-6-5-7-15-12-14(10-11-19-2)16-8-3-4-9-17(16)20-18(13)15/h3-9,12,19H,10-11H2,1-2H3. The fourth-order valence-electron chi connectivity index (χ4n) is 2.59. The maximum atomic E-state index is 6.17. The third kappa shape index (κ3) is 2.35. The molecule has 3 rings (SSSR count). The average molecular weight is 265 g/mol. The number of hydrogen-bond acceptors (Lipinski definition) is 2. The van der Waals surface area contributed by atoms with Gasteiger partial charge in [-0.2, -0.15) is 0 Å². The van der Waals surface area contributed by atoms with Gasteiger partial charge in [0.25, 0.3) is 0 Å². The van der Waals surface area contributed by atoms with Crippen molar-refractivity contribution in [3.8, 4) is 11.5 Å². The second kappa shape index (κ2) is 5.51. The lowest BCUT2D eigenvalue weighted by Crippen LogP contribution is -2.08. The largest absolute Gasteiger partial charge is 0.456 e. The van der Waals surface area contributed by atoms with Crippen LogP contribution < -0.4 is 10.1 Å². The summed E-state index contributed by atoms with van der Waals surface area (Å²) >= 11 is 0. The van der Waals surface area contributed by atoms with Gasteiger partial charge < -0.3 is 10.1 Å². The quantitative estimate of drug-likeness (QED) is 0.895. The van der Waals surface area contributed by atoms with Crippen molar-refractivity contribution in [1.82, 2.24) is 5.32 Å². The van der Waals surface area contributed by atoms with Gasteiger partial charge in [-0.15, -0.1) is 0 Å². The van der Waals surface area contributed by atoms with E-state index in [1.807, 2.05) is 19.2 Å². The Morgan fingerprint density at radius 3 is 2.75 bits per heavy atom. The zero-order valence-electron chi connectivity index (χ0n) is 11.9. The summed E-state index contributed by atoms with van der Waals surface area (Å²) in [5.41, 5.74) is 4.84. The maximum absolute atomic E-state index is 6.17. The van der Waals surface area contributed by atoms with Crippen LogP contribution in [0.1, 0.15) is 23.1 Å². The van der Waals surface area contributed by atoms with Gasteiger partial charge in [-0.05, 0) is 50.2 Å². The van der Waals surface area contributed by atoms with E-state index in [0.717, 1.165) is 30.0 Å². The lowest BCUT2D eigenvalue weighted by molar-refractivity contribution is 0.477. The Kier molecular flexibility index (Phi) is 3.57. The van der Waals surface area contributed by atoms with E-state index in [9.17, 15) is 0 Å². The highest BCUT2D eigenvalue weighted by molar-refractivity contribution is 5.87. The van der Waals surface area contributed by atoms with Crippen molar-refractivity contribution in [2.45, 2.75) is 13.3 Å². The molecule has 1 heterocycles. The minimum atomic E-state index is 0.947. The van der Waals surface area contributed by atoms with E-state index < -0.39 is 0 Å². The molecule has 102 valence electrons. The molecule has 2 heteroatoms. The molecule has 0 spiro atoms. The number of ether oxygens (including phenoxy) is 1. The zero-order valence-corrected chi connectivity index (χ0v) is 11.9. The van der Waals surface area contributed by atoms with Crippen molar-refractivity contribution in [2.24, 2.45) is 0 Å². The molecule has 0 aromatic heterocycles. The number of fused-ring (bicyclic) bond motifs is 2. The summed E-state index contributed by atoms with van der Waals surface area (Å²) in [4.78, 5) is 0. The van der Waals surface area contributed by atoms with Crippen LogP contribution in [0, 0.1) is 6.92 Å². The van der Waals surface area contributed by atoms with Gasteiger partial charge in [0.05, 0.1) is 0 Å². The molecule has 0 unspecified atom stereocenters. The number of rotatable bonds is 3. The number of aryl methyl sites for hydroxylation is 1. The molecule has 1 aliphatic rings. The monoisotopic (exact) mass is 265 g/mol. The van der Waals surface area contributed by atoms with Crippen molar-refractivity contribution >= 4 is 11.6 Å². The Hall–Kier alpha value is -2.06. The van der Waals surface area contributed by atoms with Crippen LogP contribution in [-0.4, -0.2) is 13.6 Å². The van der Waals surface area contributed by atoms with Crippen molar-refractivity contribution in [3.63, 3.8) is 0 Å². The molecule has 0 bridgehead atoms. The SMILES string of the molecule is CNCCC1=Cc2cccc(C)c2Oc2ccccc21. The molecule has 0 saturated heterocycles. The molecular formula is C18H19NO.